The van der Waals surface area contributed by atoms with Gasteiger partial charge in [-0.05, 0) is 10.8 Å². The average molecular weight is 244 g/mol. The van der Waals surface area contributed by atoms with Gasteiger partial charge in [0.05, 0.1) is 0 Å². The van der Waals surface area contributed by atoms with Gasteiger partial charge < -0.3 is 0 Å². The van der Waals surface area contributed by atoms with E-state index < -0.39 is 0 Å². The Morgan fingerprint density at radius 2 is 0.889 bits per heavy atom. The quantitative estimate of drug-likeness (QED) is 0.569. The highest BCUT2D eigenvalue weighted by Crippen LogP contribution is 2.11. The van der Waals surface area contributed by atoms with E-state index in [2.05, 4.69) is 76.2 Å². The molecule has 0 saturated carbocycles. The molecule has 2 aromatic carbocycles. The maximum absolute atomic E-state index is 2.21. The Kier molecular flexibility index (Phi) is 11.3. The van der Waals surface area contributed by atoms with Crippen LogP contribution in [0.5, 0.6) is 0 Å². The molecule has 100 valence electrons. The minimum atomic E-state index is 1.25. The van der Waals surface area contributed by atoms with Crippen molar-refractivity contribution >= 4 is 10.8 Å². The number of fused-ring (bicyclic) bond motifs is 1. The summed E-state index contributed by atoms with van der Waals surface area (Å²) in [4.78, 5) is 0. The van der Waals surface area contributed by atoms with E-state index in [9.17, 15) is 0 Å². The first-order chi connectivity index (χ1) is 8.79. The highest BCUT2D eigenvalue weighted by atomic mass is 13.9. The van der Waals surface area contributed by atoms with Crippen molar-refractivity contribution in [3.63, 3.8) is 0 Å². The fraction of sp³-hybridized carbons (Fsp3) is 0.444. The third-order valence-corrected chi connectivity index (χ3v) is 2.37. The second kappa shape index (κ2) is 12.2. The van der Waals surface area contributed by atoms with E-state index in [4.69, 9.17) is 0 Å². The Balaban J connectivity index is 0.000000309. The first-order valence-corrected chi connectivity index (χ1v) is 7.23. The molecule has 0 aliphatic rings. The molecule has 0 heteroatoms. The SMILES string of the molecule is CCC.CCCCC.c1ccc2ccccc2c1. The zero-order valence-corrected chi connectivity index (χ0v) is 12.4. The summed E-state index contributed by atoms with van der Waals surface area (Å²) < 4.78 is 0. The predicted molar refractivity (Wildman–Crippen MR) is 85.1 cm³/mol. The third kappa shape index (κ3) is 7.89. The maximum Gasteiger partial charge on any atom is -0.0184 e. The van der Waals surface area contributed by atoms with Crippen LogP contribution in [0.25, 0.3) is 10.8 Å². The largest absolute Gasteiger partial charge is 0.0656 e. The van der Waals surface area contributed by atoms with E-state index in [-0.39, 0.29) is 0 Å². The smallest absolute Gasteiger partial charge is 0.0184 e. The van der Waals surface area contributed by atoms with E-state index in [0.717, 1.165) is 0 Å². The van der Waals surface area contributed by atoms with Crippen LogP contribution in [0, 0.1) is 0 Å². The minimum absolute atomic E-state index is 1.25. The second-order valence-corrected chi connectivity index (χ2v) is 4.41. The molecule has 0 atom stereocenters. The predicted octanol–water partition coefficient (Wildman–Crippen LogP) is 6.45. The normalized spacial score (nSPS) is 8.89. The van der Waals surface area contributed by atoms with Gasteiger partial charge in [-0.2, -0.15) is 0 Å². The van der Waals surface area contributed by atoms with Gasteiger partial charge in [0.1, 0.15) is 0 Å². The molecule has 0 saturated heterocycles. The molecule has 0 radical (unpaired) electrons. The molecular formula is C18H28. The van der Waals surface area contributed by atoms with Crippen LogP contribution in [0.2, 0.25) is 0 Å². The molecule has 2 rings (SSSR count). The summed E-state index contributed by atoms with van der Waals surface area (Å²) in [5, 5.41) is 2.62. The second-order valence-electron chi connectivity index (χ2n) is 4.41. The first-order valence-electron chi connectivity index (χ1n) is 7.23. The molecule has 18 heavy (non-hydrogen) atoms. The van der Waals surface area contributed by atoms with Crippen LogP contribution in [-0.2, 0) is 0 Å². The Labute approximate surface area is 113 Å². The molecule has 0 nitrogen and oxygen atoms in total. The standard InChI is InChI=1S/C10H8.C5H12.C3H8/c1-2-6-10-8-4-3-7-9(10)5-1;1-3-5-4-2;1-3-2/h1-8H;3-5H2,1-2H3;3H2,1-2H3. The Morgan fingerprint density at radius 3 is 1.06 bits per heavy atom. The monoisotopic (exact) mass is 244 g/mol. The van der Waals surface area contributed by atoms with E-state index in [0.29, 0.717) is 0 Å². The number of unbranched alkanes of at least 4 members (excludes halogenated alkanes) is 2. The van der Waals surface area contributed by atoms with Crippen molar-refractivity contribution < 1.29 is 0 Å². The first kappa shape index (κ1) is 16.7. The van der Waals surface area contributed by atoms with E-state index in [1.807, 2.05) is 0 Å². The van der Waals surface area contributed by atoms with Crippen molar-refractivity contribution in [3.05, 3.63) is 48.5 Å². The molecule has 0 N–H and O–H groups in total. The summed E-state index contributed by atoms with van der Waals surface area (Å²) in [5.41, 5.74) is 0. The Bertz CT molecular complexity index is 322. The van der Waals surface area contributed by atoms with E-state index in [1.54, 1.807) is 0 Å². The fourth-order valence-corrected chi connectivity index (χ4v) is 1.49. The molecule has 0 bridgehead atoms. The molecule has 0 aliphatic heterocycles. The lowest BCUT2D eigenvalue weighted by Gasteiger charge is -1.92. The van der Waals surface area contributed by atoms with Gasteiger partial charge in [-0.25, -0.2) is 0 Å². The lowest BCUT2D eigenvalue weighted by atomic mass is 10.1. The minimum Gasteiger partial charge on any atom is -0.0656 e. The van der Waals surface area contributed by atoms with Crippen molar-refractivity contribution in [2.75, 3.05) is 0 Å². The van der Waals surface area contributed by atoms with Crippen LogP contribution in [-0.4, -0.2) is 0 Å². The van der Waals surface area contributed by atoms with E-state index >= 15 is 0 Å². The fourth-order valence-electron chi connectivity index (χ4n) is 1.49. The third-order valence-electron chi connectivity index (χ3n) is 2.37. The summed E-state index contributed by atoms with van der Waals surface area (Å²) in [6.07, 6.45) is 5.33. The van der Waals surface area contributed by atoms with Crippen molar-refractivity contribution in [1.29, 1.82) is 0 Å². The van der Waals surface area contributed by atoms with Crippen molar-refractivity contribution in [3.8, 4) is 0 Å². The summed E-state index contributed by atoms with van der Waals surface area (Å²) in [7, 11) is 0. The molecule has 0 aromatic heterocycles. The van der Waals surface area contributed by atoms with Gasteiger partial charge in [-0.1, -0.05) is 102 Å². The highest BCUT2D eigenvalue weighted by molar-refractivity contribution is 5.81. The number of hydrogen-bond acceptors (Lipinski definition) is 0. The van der Waals surface area contributed by atoms with Gasteiger partial charge in [0.2, 0.25) is 0 Å². The molecular weight excluding hydrogens is 216 g/mol. The number of hydrogen-bond donors (Lipinski definition) is 0. The summed E-state index contributed by atoms with van der Waals surface area (Å²) in [5.74, 6) is 0. The maximum atomic E-state index is 2.21. The summed E-state index contributed by atoms with van der Waals surface area (Å²) in [6.45, 7) is 8.67. The lowest BCUT2D eigenvalue weighted by molar-refractivity contribution is 0.772. The zero-order valence-electron chi connectivity index (χ0n) is 12.4. The topological polar surface area (TPSA) is 0 Å². The van der Waals surface area contributed by atoms with Crippen molar-refractivity contribution in [2.24, 2.45) is 0 Å². The molecule has 0 heterocycles. The van der Waals surface area contributed by atoms with Crippen LogP contribution in [0.3, 0.4) is 0 Å². The van der Waals surface area contributed by atoms with Gasteiger partial charge in [0.25, 0.3) is 0 Å². The van der Waals surface area contributed by atoms with Crippen LogP contribution >= 0.6 is 0 Å². The molecule has 2 aromatic rings. The lowest BCUT2D eigenvalue weighted by Crippen LogP contribution is -1.67. The molecule has 0 unspecified atom stereocenters. The molecule has 0 spiro atoms. The highest BCUT2D eigenvalue weighted by Gasteiger charge is 1.85. The van der Waals surface area contributed by atoms with Gasteiger partial charge in [-0.3, -0.25) is 0 Å². The molecule has 0 fully saturated rings. The van der Waals surface area contributed by atoms with E-state index in [1.165, 1.54) is 36.5 Å². The zero-order chi connectivity index (χ0) is 13.6. The van der Waals surface area contributed by atoms with Gasteiger partial charge >= 0.3 is 0 Å². The summed E-state index contributed by atoms with van der Waals surface area (Å²) in [6, 6.07) is 16.7. The Hall–Kier alpha value is -1.30. The molecule has 0 amide bonds. The van der Waals surface area contributed by atoms with Crippen LogP contribution in [0.4, 0.5) is 0 Å². The van der Waals surface area contributed by atoms with Crippen molar-refractivity contribution in [2.45, 2.75) is 53.4 Å². The average Bonchev–Trinajstić information content (AvgIpc) is 2.41. The van der Waals surface area contributed by atoms with Crippen LogP contribution in [0.1, 0.15) is 53.4 Å². The van der Waals surface area contributed by atoms with Gasteiger partial charge in [-0.15, -0.1) is 0 Å². The molecule has 0 aliphatic carbocycles. The Morgan fingerprint density at radius 1 is 0.611 bits per heavy atom. The van der Waals surface area contributed by atoms with Gasteiger partial charge in [0.15, 0.2) is 0 Å². The van der Waals surface area contributed by atoms with Crippen LogP contribution < -0.4 is 0 Å². The number of rotatable bonds is 2. The van der Waals surface area contributed by atoms with Crippen LogP contribution in [0.15, 0.2) is 48.5 Å². The van der Waals surface area contributed by atoms with Gasteiger partial charge in [0, 0.05) is 0 Å². The summed E-state index contributed by atoms with van der Waals surface area (Å²) >= 11 is 0. The van der Waals surface area contributed by atoms with Crippen molar-refractivity contribution in [1.82, 2.24) is 0 Å². The number of benzene rings is 2.